The topological polar surface area (TPSA) is 236 Å². The molecule has 0 bridgehead atoms. The third-order valence-corrected chi connectivity index (χ3v) is 11.1. The van der Waals surface area contributed by atoms with E-state index in [2.05, 4.69) is 62.1 Å². The number of hydrogen-bond acceptors (Lipinski definition) is 18. The number of anilines is 10. The molecule has 0 aliphatic heterocycles. The van der Waals surface area contributed by atoms with Crippen molar-refractivity contribution in [3.63, 3.8) is 0 Å². The van der Waals surface area contributed by atoms with Crippen molar-refractivity contribution in [3.05, 3.63) is 181 Å². The first-order chi connectivity index (χ1) is 31.1. The van der Waals surface area contributed by atoms with E-state index in [4.69, 9.17) is 8.57 Å². The fourth-order valence-electron chi connectivity index (χ4n) is 5.81. The Morgan fingerprint density at radius 2 is 0.578 bits per heavy atom. The summed E-state index contributed by atoms with van der Waals surface area (Å²) in [4.78, 5) is 25.5. The van der Waals surface area contributed by atoms with E-state index in [1.165, 1.54) is 48.6 Å². The quantitative estimate of drug-likeness (QED) is 0.0349. The van der Waals surface area contributed by atoms with Crippen molar-refractivity contribution < 1.29 is 25.4 Å². The average molecular weight is 893 g/mol. The second-order valence-electron chi connectivity index (χ2n) is 13.3. The van der Waals surface area contributed by atoms with Crippen LogP contribution in [-0.4, -0.2) is 46.7 Å². The average Bonchev–Trinajstić information content (AvgIpc) is 3.31. The van der Waals surface area contributed by atoms with E-state index in [-0.39, 0.29) is 56.6 Å². The van der Waals surface area contributed by atoms with E-state index in [9.17, 15) is 16.8 Å². The minimum absolute atomic E-state index is 0.0993. The highest BCUT2D eigenvalue weighted by Crippen LogP contribution is 2.26. The molecular formula is C44H36N12O6S2. The first-order valence-corrected chi connectivity index (χ1v) is 22.0. The monoisotopic (exact) mass is 892 g/mol. The largest absolute Gasteiger partial charge is 0.324 e. The van der Waals surface area contributed by atoms with Gasteiger partial charge in [-0.15, -0.1) is 8.57 Å². The number of nitrogens with zero attached hydrogens (tertiary/aromatic N) is 6. The van der Waals surface area contributed by atoms with Crippen molar-refractivity contribution in [2.75, 3.05) is 32.2 Å². The van der Waals surface area contributed by atoms with Crippen molar-refractivity contribution in [3.8, 4) is 0 Å². The molecule has 320 valence electrons. The van der Waals surface area contributed by atoms with Gasteiger partial charge in [0, 0.05) is 22.7 Å². The number of hydrogen-bond donors (Lipinski definition) is 6. The molecule has 0 saturated heterocycles. The van der Waals surface area contributed by atoms with Gasteiger partial charge in [-0.2, -0.15) is 46.7 Å². The van der Waals surface area contributed by atoms with E-state index < -0.39 is 20.2 Å². The van der Waals surface area contributed by atoms with Crippen LogP contribution in [0.15, 0.2) is 180 Å². The lowest BCUT2D eigenvalue weighted by Crippen LogP contribution is -2.16. The standard InChI is InChI=1S/C44H36N12O6S2/c57-63(58,61-55-43-51-39(45-33-19-5-1-6-20-33)49-40(52-43)46-34-21-7-2-8-22-34)37-27-15-13-17-31(37)29-30-32-18-14-16-28-38(32)64(59,60)62-56-44-53-41(47-35-23-9-3-10-24-35)50-42(54-44)48-36-25-11-4-12-26-36/h1-30H,(H3,45,46,49,51,52,55)(H3,47,48,50,53,54,56)/b30-29+. The van der Waals surface area contributed by atoms with Crippen LogP contribution in [0.2, 0.25) is 0 Å². The lowest BCUT2D eigenvalue weighted by atomic mass is 10.1. The maximum absolute atomic E-state index is 13.7. The highest BCUT2D eigenvalue weighted by atomic mass is 32.2. The summed E-state index contributed by atoms with van der Waals surface area (Å²) in [7, 11) is -9.10. The van der Waals surface area contributed by atoms with Crippen LogP contribution in [0.5, 0.6) is 0 Å². The van der Waals surface area contributed by atoms with Gasteiger partial charge < -0.3 is 21.3 Å². The van der Waals surface area contributed by atoms with E-state index in [0.717, 1.165) is 0 Å². The lowest BCUT2D eigenvalue weighted by molar-refractivity contribution is 0.385. The van der Waals surface area contributed by atoms with Crippen LogP contribution in [0.4, 0.5) is 58.4 Å². The molecule has 6 N–H and O–H groups in total. The van der Waals surface area contributed by atoms with Crippen LogP contribution in [0.25, 0.3) is 12.2 Å². The predicted molar refractivity (Wildman–Crippen MR) is 244 cm³/mol. The molecule has 0 atom stereocenters. The zero-order valence-electron chi connectivity index (χ0n) is 33.3. The molecule has 0 spiro atoms. The molecule has 0 saturated carbocycles. The fraction of sp³-hybridized carbons (Fsp3) is 0. The smallest absolute Gasteiger partial charge is 0.318 e. The van der Waals surface area contributed by atoms with Gasteiger partial charge in [0.05, 0.1) is 0 Å². The summed E-state index contributed by atoms with van der Waals surface area (Å²) in [6.07, 6.45) is 2.86. The first-order valence-electron chi connectivity index (χ1n) is 19.2. The maximum atomic E-state index is 13.7. The molecular weight excluding hydrogens is 857 g/mol. The van der Waals surface area contributed by atoms with Crippen LogP contribution < -0.4 is 32.2 Å². The Labute approximate surface area is 367 Å². The molecule has 0 amide bonds. The van der Waals surface area contributed by atoms with Crippen LogP contribution in [-0.2, 0) is 28.8 Å². The Morgan fingerprint density at radius 1 is 0.328 bits per heavy atom. The Bertz CT molecular complexity index is 2770. The Morgan fingerprint density at radius 3 is 0.875 bits per heavy atom. The number of rotatable bonds is 18. The second kappa shape index (κ2) is 19.6. The van der Waals surface area contributed by atoms with Crippen molar-refractivity contribution in [1.29, 1.82) is 0 Å². The van der Waals surface area contributed by atoms with Crippen molar-refractivity contribution in [2.24, 2.45) is 0 Å². The summed E-state index contributed by atoms with van der Waals surface area (Å²) >= 11 is 0. The van der Waals surface area contributed by atoms with Crippen molar-refractivity contribution in [1.82, 2.24) is 29.9 Å². The summed E-state index contributed by atoms with van der Waals surface area (Å²) < 4.78 is 65.4. The van der Waals surface area contributed by atoms with Gasteiger partial charge in [-0.25, -0.2) is 11.0 Å². The van der Waals surface area contributed by atoms with E-state index >= 15 is 0 Å². The van der Waals surface area contributed by atoms with Gasteiger partial charge in [-0.05, 0) is 71.8 Å². The number of benzene rings is 6. The van der Waals surface area contributed by atoms with Gasteiger partial charge in [0.1, 0.15) is 9.79 Å². The molecule has 64 heavy (non-hydrogen) atoms. The molecule has 8 aromatic rings. The fourth-order valence-corrected chi connectivity index (χ4v) is 7.70. The van der Waals surface area contributed by atoms with Gasteiger partial charge in [-0.1, -0.05) is 121 Å². The lowest BCUT2D eigenvalue weighted by Gasteiger charge is -2.12. The zero-order valence-corrected chi connectivity index (χ0v) is 34.9. The molecule has 0 unspecified atom stereocenters. The van der Waals surface area contributed by atoms with E-state index in [1.807, 2.05) is 121 Å². The van der Waals surface area contributed by atoms with Crippen molar-refractivity contribution in [2.45, 2.75) is 9.79 Å². The summed E-state index contributed by atoms with van der Waals surface area (Å²) in [5, 5.41) is 12.3. The maximum Gasteiger partial charge on any atom is 0.318 e. The molecule has 2 aromatic heterocycles. The molecule has 18 nitrogen and oxygen atoms in total. The summed E-state index contributed by atoms with van der Waals surface area (Å²) in [5.41, 5.74) is 7.74. The molecule has 0 radical (unpaired) electrons. The van der Waals surface area contributed by atoms with Crippen molar-refractivity contribution >= 4 is 90.8 Å². The summed E-state index contributed by atoms with van der Waals surface area (Å²) in [6.45, 7) is 0. The normalized spacial score (nSPS) is 11.4. The third-order valence-electron chi connectivity index (χ3n) is 8.70. The Kier molecular flexibility index (Phi) is 13.0. The molecule has 0 aliphatic carbocycles. The zero-order chi connectivity index (χ0) is 44.2. The summed E-state index contributed by atoms with van der Waals surface area (Å²) in [5.74, 6) is -0.0461. The minimum atomic E-state index is -4.55. The molecule has 6 aromatic carbocycles. The van der Waals surface area contributed by atoms with Crippen LogP contribution >= 0.6 is 0 Å². The number of aromatic nitrogens is 6. The highest BCUT2D eigenvalue weighted by molar-refractivity contribution is 7.87. The highest BCUT2D eigenvalue weighted by Gasteiger charge is 2.23. The van der Waals surface area contributed by atoms with E-state index in [0.29, 0.717) is 22.7 Å². The van der Waals surface area contributed by atoms with Crippen LogP contribution in [0, 0.1) is 0 Å². The summed E-state index contributed by atoms with van der Waals surface area (Å²) in [6, 6.07) is 48.5. The molecule has 2 heterocycles. The van der Waals surface area contributed by atoms with Crippen LogP contribution in [0.3, 0.4) is 0 Å². The van der Waals surface area contributed by atoms with Gasteiger partial charge in [0.25, 0.3) is 11.9 Å². The SMILES string of the molecule is O=S(=O)(ONc1nc(Nc2ccccc2)nc(Nc2ccccc2)n1)c1ccccc1/C=C/c1ccccc1S(=O)(=O)ONc1nc(Nc2ccccc2)nc(Nc2ccccc2)n1. The van der Waals surface area contributed by atoms with Gasteiger partial charge >= 0.3 is 20.2 Å². The number of para-hydroxylation sites is 4. The Balaban J connectivity index is 0.997. The first kappa shape index (κ1) is 42.4. The van der Waals surface area contributed by atoms with E-state index in [1.54, 1.807) is 12.1 Å². The van der Waals surface area contributed by atoms with Crippen LogP contribution in [0.1, 0.15) is 11.1 Å². The van der Waals surface area contributed by atoms with Gasteiger partial charge in [-0.3, -0.25) is 0 Å². The third kappa shape index (κ3) is 11.3. The number of nitrogens with one attached hydrogen (secondary N) is 6. The molecule has 0 aliphatic rings. The second-order valence-corrected chi connectivity index (χ2v) is 16.3. The molecule has 8 rings (SSSR count). The Hall–Kier alpha value is -8.30. The molecule has 0 fully saturated rings. The van der Waals surface area contributed by atoms with Gasteiger partial charge in [0.2, 0.25) is 23.8 Å². The molecule has 20 heteroatoms. The minimum Gasteiger partial charge on any atom is -0.324 e. The van der Waals surface area contributed by atoms with Gasteiger partial charge in [0.15, 0.2) is 0 Å². The predicted octanol–water partition coefficient (Wildman–Crippen LogP) is 8.67.